The maximum atomic E-state index is 12.8. The van der Waals surface area contributed by atoms with Gasteiger partial charge in [0.05, 0.1) is 5.41 Å². The fraction of sp³-hybridized carbons (Fsp3) is 0.526. The van der Waals surface area contributed by atoms with Gasteiger partial charge in [0.25, 0.3) is 5.91 Å². The normalized spacial score (nSPS) is 18.7. The quantitative estimate of drug-likeness (QED) is 0.825. The molecule has 6 nitrogen and oxygen atoms in total. The van der Waals surface area contributed by atoms with E-state index in [-0.39, 0.29) is 18.2 Å². The fourth-order valence-electron chi connectivity index (χ4n) is 3.51. The minimum Gasteiger partial charge on any atom is -0.481 e. The standard InChI is InChI=1S/C19H24N2O4S/c1-13-14(17(23)21-8-10-26-11-9-21)4-2-5-15(13)20-16(22)12-19(18(24)25)6-3-7-19/h2,4-5H,3,6-12H2,1H3,(H,20,22)(H,24,25). The molecule has 0 aromatic heterocycles. The number of hydrogen-bond donors (Lipinski definition) is 2. The Morgan fingerprint density at radius 3 is 2.50 bits per heavy atom. The lowest BCUT2D eigenvalue weighted by Crippen LogP contribution is -2.41. The summed E-state index contributed by atoms with van der Waals surface area (Å²) in [7, 11) is 0. The highest BCUT2D eigenvalue weighted by atomic mass is 32.2. The molecule has 0 atom stereocenters. The Morgan fingerprint density at radius 2 is 1.92 bits per heavy atom. The van der Waals surface area contributed by atoms with Crippen molar-refractivity contribution < 1.29 is 19.5 Å². The molecule has 2 aliphatic rings. The summed E-state index contributed by atoms with van der Waals surface area (Å²) in [5.74, 6) is 0.661. The van der Waals surface area contributed by atoms with E-state index >= 15 is 0 Å². The lowest BCUT2D eigenvalue weighted by Gasteiger charge is -2.37. The number of nitrogens with zero attached hydrogens (tertiary/aromatic N) is 1. The summed E-state index contributed by atoms with van der Waals surface area (Å²) in [6.45, 7) is 3.29. The molecule has 1 saturated carbocycles. The number of thioether (sulfide) groups is 1. The van der Waals surface area contributed by atoms with Crippen molar-refractivity contribution in [1.29, 1.82) is 0 Å². The first kappa shape index (κ1) is 18.8. The maximum Gasteiger partial charge on any atom is 0.310 e. The summed E-state index contributed by atoms with van der Waals surface area (Å²) in [4.78, 5) is 38.4. The molecule has 0 radical (unpaired) electrons. The van der Waals surface area contributed by atoms with Gasteiger partial charge in [-0.05, 0) is 37.5 Å². The Hall–Kier alpha value is -2.02. The topological polar surface area (TPSA) is 86.7 Å². The van der Waals surface area contributed by atoms with Crippen LogP contribution in [0, 0.1) is 12.3 Å². The van der Waals surface area contributed by atoms with Gasteiger partial charge in [0.15, 0.2) is 0 Å². The minimum atomic E-state index is -0.920. The number of aliphatic carboxylic acids is 1. The van der Waals surface area contributed by atoms with Crippen molar-refractivity contribution in [3.8, 4) is 0 Å². The zero-order valence-corrected chi connectivity index (χ0v) is 15.7. The predicted molar refractivity (Wildman–Crippen MR) is 102 cm³/mol. The fourth-order valence-corrected chi connectivity index (χ4v) is 4.41. The summed E-state index contributed by atoms with van der Waals surface area (Å²) in [6.07, 6.45) is 1.90. The number of rotatable bonds is 5. The van der Waals surface area contributed by atoms with Crippen LogP contribution in [0.2, 0.25) is 0 Å². The molecule has 3 rings (SSSR count). The largest absolute Gasteiger partial charge is 0.481 e. The van der Waals surface area contributed by atoms with E-state index in [1.807, 2.05) is 23.6 Å². The van der Waals surface area contributed by atoms with E-state index in [2.05, 4.69) is 5.32 Å². The number of anilines is 1. The molecule has 1 aromatic rings. The summed E-state index contributed by atoms with van der Waals surface area (Å²) in [6, 6.07) is 5.29. The van der Waals surface area contributed by atoms with Crippen LogP contribution in [0.25, 0.3) is 0 Å². The first-order chi connectivity index (χ1) is 12.4. The van der Waals surface area contributed by atoms with Gasteiger partial charge in [-0.15, -0.1) is 0 Å². The van der Waals surface area contributed by atoms with Crippen LogP contribution >= 0.6 is 11.8 Å². The van der Waals surface area contributed by atoms with E-state index in [1.54, 1.807) is 18.2 Å². The molecule has 2 N–H and O–H groups in total. The lowest BCUT2D eigenvalue weighted by atomic mass is 9.66. The van der Waals surface area contributed by atoms with E-state index < -0.39 is 11.4 Å². The van der Waals surface area contributed by atoms with Crippen molar-refractivity contribution in [3.05, 3.63) is 29.3 Å². The lowest BCUT2D eigenvalue weighted by molar-refractivity contribution is -0.157. The number of carboxylic acids is 1. The van der Waals surface area contributed by atoms with Crippen LogP contribution < -0.4 is 5.32 Å². The number of nitrogens with one attached hydrogen (secondary N) is 1. The molecule has 0 unspecified atom stereocenters. The van der Waals surface area contributed by atoms with Gasteiger partial charge in [0.1, 0.15) is 0 Å². The number of carboxylic acid groups (broad SMARTS) is 1. The SMILES string of the molecule is Cc1c(NC(=O)CC2(C(=O)O)CCC2)cccc1C(=O)N1CCSCC1. The smallest absolute Gasteiger partial charge is 0.310 e. The molecule has 2 amide bonds. The van der Waals surface area contributed by atoms with Crippen LogP contribution in [0.3, 0.4) is 0 Å². The highest BCUT2D eigenvalue weighted by molar-refractivity contribution is 7.99. The van der Waals surface area contributed by atoms with Crippen LogP contribution in [0.5, 0.6) is 0 Å². The molecule has 26 heavy (non-hydrogen) atoms. The van der Waals surface area contributed by atoms with Crippen LogP contribution in [0.15, 0.2) is 18.2 Å². The molecular formula is C19H24N2O4S. The zero-order chi connectivity index (χ0) is 18.7. The Morgan fingerprint density at radius 1 is 1.23 bits per heavy atom. The number of amides is 2. The van der Waals surface area contributed by atoms with Crippen molar-refractivity contribution in [2.75, 3.05) is 29.9 Å². The molecule has 2 fully saturated rings. The Balaban J connectivity index is 1.71. The monoisotopic (exact) mass is 376 g/mol. The van der Waals surface area contributed by atoms with E-state index in [9.17, 15) is 19.5 Å². The predicted octanol–water partition coefficient (Wildman–Crippen LogP) is 2.77. The molecule has 140 valence electrons. The van der Waals surface area contributed by atoms with Gasteiger partial charge >= 0.3 is 5.97 Å². The van der Waals surface area contributed by atoms with Crippen molar-refractivity contribution in [2.24, 2.45) is 5.41 Å². The van der Waals surface area contributed by atoms with Crippen molar-refractivity contribution in [2.45, 2.75) is 32.6 Å². The molecule has 1 aliphatic carbocycles. The van der Waals surface area contributed by atoms with Crippen molar-refractivity contribution in [1.82, 2.24) is 4.90 Å². The number of benzene rings is 1. The molecule has 1 aromatic carbocycles. The van der Waals surface area contributed by atoms with Crippen LogP contribution in [0.4, 0.5) is 5.69 Å². The minimum absolute atomic E-state index is 0.0140. The zero-order valence-electron chi connectivity index (χ0n) is 14.9. The Bertz CT molecular complexity index is 724. The summed E-state index contributed by atoms with van der Waals surface area (Å²) < 4.78 is 0. The van der Waals surface area contributed by atoms with Crippen molar-refractivity contribution in [3.63, 3.8) is 0 Å². The van der Waals surface area contributed by atoms with Gasteiger partial charge in [0.2, 0.25) is 5.91 Å². The van der Waals surface area contributed by atoms with Gasteiger partial charge in [-0.25, -0.2) is 0 Å². The third-order valence-electron chi connectivity index (χ3n) is 5.40. The van der Waals surface area contributed by atoms with Gasteiger partial charge in [-0.3, -0.25) is 14.4 Å². The highest BCUT2D eigenvalue weighted by Gasteiger charge is 2.45. The number of carbonyl (C=O) groups is 3. The van der Waals surface area contributed by atoms with E-state index in [1.165, 1.54) is 0 Å². The van der Waals surface area contributed by atoms with Gasteiger partial charge in [-0.2, -0.15) is 11.8 Å². The van der Waals surface area contributed by atoms with Gasteiger partial charge in [-0.1, -0.05) is 12.5 Å². The maximum absolute atomic E-state index is 12.8. The van der Waals surface area contributed by atoms with Crippen LogP contribution in [-0.2, 0) is 9.59 Å². The van der Waals surface area contributed by atoms with E-state index in [0.29, 0.717) is 24.1 Å². The second-order valence-electron chi connectivity index (χ2n) is 7.05. The highest BCUT2D eigenvalue weighted by Crippen LogP contribution is 2.44. The van der Waals surface area contributed by atoms with Gasteiger partial charge in [0, 0.05) is 42.3 Å². The molecule has 7 heteroatoms. The Labute approximate surface area is 157 Å². The summed E-state index contributed by atoms with van der Waals surface area (Å²) in [5, 5.41) is 12.2. The first-order valence-corrected chi connectivity index (χ1v) is 10.1. The van der Waals surface area contributed by atoms with Crippen LogP contribution in [-0.4, -0.2) is 52.4 Å². The second-order valence-corrected chi connectivity index (χ2v) is 8.27. The molecular weight excluding hydrogens is 352 g/mol. The third kappa shape index (κ3) is 3.72. The summed E-state index contributed by atoms with van der Waals surface area (Å²) in [5.41, 5.74) is 0.970. The van der Waals surface area contributed by atoms with E-state index in [4.69, 9.17) is 0 Å². The molecule has 1 heterocycles. The Kier molecular flexibility index (Phi) is 5.55. The average molecular weight is 376 g/mol. The summed E-state index contributed by atoms with van der Waals surface area (Å²) >= 11 is 1.84. The van der Waals surface area contributed by atoms with Crippen LogP contribution in [0.1, 0.15) is 41.6 Å². The number of carbonyl (C=O) groups excluding carboxylic acids is 2. The molecule has 0 bridgehead atoms. The van der Waals surface area contributed by atoms with E-state index in [0.717, 1.165) is 36.6 Å². The molecule has 0 spiro atoms. The average Bonchev–Trinajstić information content (AvgIpc) is 2.60. The molecule has 1 saturated heterocycles. The number of hydrogen-bond acceptors (Lipinski definition) is 4. The molecule has 1 aliphatic heterocycles. The third-order valence-corrected chi connectivity index (χ3v) is 6.34. The first-order valence-electron chi connectivity index (χ1n) is 8.93. The van der Waals surface area contributed by atoms with Gasteiger partial charge < -0.3 is 15.3 Å². The van der Waals surface area contributed by atoms with Crippen molar-refractivity contribution >= 4 is 35.2 Å². The second kappa shape index (κ2) is 7.70.